The molecule has 0 saturated carbocycles. The molecule has 0 saturated heterocycles. The number of carbonyl (C=O) groups is 1. The first-order chi connectivity index (χ1) is 9.63. The lowest BCUT2D eigenvalue weighted by atomic mass is 10.1. The Morgan fingerprint density at radius 1 is 1.20 bits per heavy atom. The van der Waals surface area contributed by atoms with E-state index < -0.39 is 6.04 Å². The number of aryl methyl sites for hydroxylation is 1. The summed E-state index contributed by atoms with van der Waals surface area (Å²) in [4.78, 5) is 12.3. The van der Waals surface area contributed by atoms with Crippen molar-refractivity contribution in [2.75, 3.05) is 6.61 Å². The zero-order valence-corrected chi connectivity index (χ0v) is 12.7. The van der Waals surface area contributed by atoms with Gasteiger partial charge in [0, 0.05) is 4.47 Å². The van der Waals surface area contributed by atoms with Crippen LogP contribution in [0.5, 0.6) is 0 Å². The summed E-state index contributed by atoms with van der Waals surface area (Å²) in [5, 5.41) is 12.3. The molecule has 104 valence electrons. The van der Waals surface area contributed by atoms with E-state index in [9.17, 15) is 9.90 Å². The maximum Gasteiger partial charge on any atom is 0.252 e. The summed E-state index contributed by atoms with van der Waals surface area (Å²) in [6, 6.07) is 14.5. The van der Waals surface area contributed by atoms with E-state index in [-0.39, 0.29) is 12.5 Å². The summed E-state index contributed by atoms with van der Waals surface area (Å²) in [6.07, 6.45) is 0. The first-order valence-electron chi connectivity index (χ1n) is 6.35. The lowest BCUT2D eigenvalue weighted by molar-refractivity contribution is 0.0915. The van der Waals surface area contributed by atoms with E-state index >= 15 is 0 Å². The summed E-state index contributed by atoms with van der Waals surface area (Å²) in [5.41, 5.74) is 2.45. The van der Waals surface area contributed by atoms with Crippen molar-refractivity contribution < 1.29 is 9.90 Å². The summed E-state index contributed by atoms with van der Waals surface area (Å²) in [7, 11) is 0. The zero-order chi connectivity index (χ0) is 14.5. The van der Waals surface area contributed by atoms with E-state index in [0.717, 1.165) is 15.6 Å². The second-order valence-electron chi connectivity index (χ2n) is 4.56. The molecule has 0 spiro atoms. The lowest BCUT2D eigenvalue weighted by Gasteiger charge is -2.17. The first kappa shape index (κ1) is 14.8. The average Bonchev–Trinajstić information content (AvgIpc) is 2.48. The Kier molecular flexibility index (Phi) is 4.93. The van der Waals surface area contributed by atoms with Crippen LogP contribution in [0.25, 0.3) is 0 Å². The average molecular weight is 334 g/mol. The van der Waals surface area contributed by atoms with Crippen LogP contribution >= 0.6 is 15.9 Å². The minimum Gasteiger partial charge on any atom is -0.394 e. The van der Waals surface area contributed by atoms with Crippen molar-refractivity contribution in [1.29, 1.82) is 0 Å². The molecule has 4 heteroatoms. The Morgan fingerprint density at radius 2 is 1.90 bits per heavy atom. The number of carbonyl (C=O) groups excluding carboxylic acids is 1. The van der Waals surface area contributed by atoms with Gasteiger partial charge in [0.1, 0.15) is 0 Å². The highest BCUT2D eigenvalue weighted by Crippen LogP contribution is 2.22. The number of hydrogen-bond acceptors (Lipinski definition) is 2. The minimum atomic E-state index is -0.406. The van der Waals surface area contributed by atoms with Gasteiger partial charge in [-0.15, -0.1) is 0 Å². The summed E-state index contributed by atoms with van der Waals surface area (Å²) in [5.74, 6) is -0.205. The van der Waals surface area contributed by atoms with Gasteiger partial charge in [0.05, 0.1) is 18.2 Å². The minimum absolute atomic E-state index is 0.140. The molecule has 2 aromatic rings. The Bertz CT molecular complexity index is 599. The van der Waals surface area contributed by atoms with E-state index in [0.29, 0.717) is 5.56 Å². The number of benzene rings is 2. The van der Waals surface area contributed by atoms with Crippen molar-refractivity contribution in [2.45, 2.75) is 13.0 Å². The number of halogens is 1. The fourth-order valence-electron chi connectivity index (χ4n) is 1.98. The van der Waals surface area contributed by atoms with Gasteiger partial charge in [-0.25, -0.2) is 0 Å². The third-order valence-electron chi connectivity index (χ3n) is 3.13. The SMILES string of the molecule is Cc1cccc(C(=O)N[C@H](CO)c2ccccc2)c1Br. The monoisotopic (exact) mass is 333 g/mol. The Balaban J connectivity index is 2.20. The molecule has 1 atom stereocenters. The van der Waals surface area contributed by atoms with Crippen LogP contribution in [-0.2, 0) is 0 Å². The molecule has 2 rings (SSSR count). The third-order valence-corrected chi connectivity index (χ3v) is 4.18. The van der Waals surface area contributed by atoms with Crippen LogP contribution in [0.15, 0.2) is 53.0 Å². The molecule has 0 aliphatic carbocycles. The number of aliphatic hydroxyl groups excluding tert-OH is 1. The highest BCUT2D eigenvalue weighted by atomic mass is 79.9. The van der Waals surface area contributed by atoms with Crippen molar-refractivity contribution in [3.63, 3.8) is 0 Å². The molecular formula is C16H16BrNO2. The summed E-state index contributed by atoms with van der Waals surface area (Å²) >= 11 is 3.43. The highest BCUT2D eigenvalue weighted by molar-refractivity contribution is 9.10. The van der Waals surface area contributed by atoms with Gasteiger partial charge in [0.15, 0.2) is 0 Å². The molecular weight excluding hydrogens is 318 g/mol. The fourth-order valence-corrected chi connectivity index (χ4v) is 2.42. The third kappa shape index (κ3) is 3.26. The van der Waals surface area contributed by atoms with Gasteiger partial charge < -0.3 is 10.4 Å². The van der Waals surface area contributed by atoms with Crippen LogP contribution < -0.4 is 5.32 Å². The van der Waals surface area contributed by atoms with Gasteiger partial charge in [0.25, 0.3) is 5.91 Å². The number of hydrogen-bond donors (Lipinski definition) is 2. The molecule has 0 aliphatic rings. The van der Waals surface area contributed by atoms with Crippen LogP contribution in [0.3, 0.4) is 0 Å². The molecule has 0 bridgehead atoms. The van der Waals surface area contributed by atoms with Crippen molar-refractivity contribution >= 4 is 21.8 Å². The van der Waals surface area contributed by atoms with Gasteiger partial charge in [0.2, 0.25) is 0 Å². The molecule has 0 radical (unpaired) electrons. The maximum atomic E-state index is 12.3. The quantitative estimate of drug-likeness (QED) is 0.902. The van der Waals surface area contributed by atoms with Crippen LogP contribution in [0, 0.1) is 6.92 Å². The summed E-state index contributed by atoms with van der Waals surface area (Å²) < 4.78 is 0.780. The smallest absolute Gasteiger partial charge is 0.252 e. The van der Waals surface area contributed by atoms with E-state index in [1.807, 2.05) is 49.4 Å². The number of amides is 1. The number of aliphatic hydroxyl groups is 1. The maximum absolute atomic E-state index is 12.3. The second kappa shape index (κ2) is 6.68. The molecule has 0 aromatic heterocycles. The first-order valence-corrected chi connectivity index (χ1v) is 7.14. The van der Waals surface area contributed by atoms with E-state index in [2.05, 4.69) is 21.2 Å². The zero-order valence-electron chi connectivity index (χ0n) is 11.1. The van der Waals surface area contributed by atoms with Gasteiger partial charge >= 0.3 is 0 Å². The fraction of sp³-hybridized carbons (Fsp3) is 0.188. The predicted molar refractivity (Wildman–Crippen MR) is 82.6 cm³/mol. The van der Waals surface area contributed by atoms with E-state index in [1.54, 1.807) is 6.07 Å². The molecule has 3 nitrogen and oxygen atoms in total. The lowest BCUT2D eigenvalue weighted by Crippen LogP contribution is -2.31. The van der Waals surface area contributed by atoms with Crippen LogP contribution in [0.1, 0.15) is 27.5 Å². The highest BCUT2D eigenvalue weighted by Gasteiger charge is 2.17. The van der Waals surface area contributed by atoms with Crippen LogP contribution in [0.2, 0.25) is 0 Å². The van der Waals surface area contributed by atoms with Crippen molar-refractivity contribution in [3.8, 4) is 0 Å². The molecule has 0 fully saturated rings. The standard InChI is InChI=1S/C16H16BrNO2/c1-11-6-5-9-13(15(11)17)16(20)18-14(10-19)12-7-3-2-4-8-12/h2-9,14,19H,10H2,1H3,(H,18,20)/t14-/m1/s1. The normalized spacial score (nSPS) is 11.9. The molecule has 2 aromatic carbocycles. The van der Waals surface area contributed by atoms with Gasteiger partial charge in [-0.2, -0.15) is 0 Å². The molecule has 20 heavy (non-hydrogen) atoms. The molecule has 0 aliphatic heterocycles. The summed E-state index contributed by atoms with van der Waals surface area (Å²) in [6.45, 7) is 1.79. The van der Waals surface area contributed by atoms with Gasteiger partial charge in [-0.05, 0) is 40.0 Å². The number of rotatable bonds is 4. The Morgan fingerprint density at radius 3 is 2.55 bits per heavy atom. The van der Waals surface area contributed by atoms with E-state index in [4.69, 9.17) is 0 Å². The van der Waals surface area contributed by atoms with Gasteiger partial charge in [-0.1, -0.05) is 42.5 Å². The largest absolute Gasteiger partial charge is 0.394 e. The van der Waals surface area contributed by atoms with Crippen LogP contribution in [0.4, 0.5) is 0 Å². The Labute approximate surface area is 126 Å². The molecule has 2 N–H and O–H groups in total. The Hall–Kier alpha value is -1.65. The molecule has 1 amide bonds. The topological polar surface area (TPSA) is 49.3 Å². The van der Waals surface area contributed by atoms with Crippen LogP contribution in [-0.4, -0.2) is 17.6 Å². The van der Waals surface area contributed by atoms with Crippen molar-refractivity contribution in [1.82, 2.24) is 5.32 Å². The molecule has 0 heterocycles. The van der Waals surface area contributed by atoms with Crippen molar-refractivity contribution in [3.05, 3.63) is 69.7 Å². The van der Waals surface area contributed by atoms with E-state index in [1.165, 1.54) is 0 Å². The predicted octanol–water partition coefficient (Wildman–Crippen LogP) is 3.22. The van der Waals surface area contributed by atoms with Gasteiger partial charge in [-0.3, -0.25) is 4.79 Å². The molecule has 0 unspecified atom stereocenters. The second-order valence-corrected chi connectivity index (χ2v) is 5.35. The van der Waals surface area contributed by atoms with Crippen molar-refractivity contribution in [2.24, 2.45) is 0 Å². The number of nitrogens with one attached hydrogen (secondary N) is 1.